The average molecular weight is 235 g/mol. The second-order valence-corrected chi connectivity index (χ2v) is 4.68. The minimum absolute atomic E-state index is 0.0300. The van der Waals surface area contributed by atoms with E-state index in [-0.39, 0.29) is 5.56 Å². The molecule has 1 atom stereocenters. The highest BCUT2D eigenvalue weighted by Gasteiger charge is 2.22. The van der Waals surface area contributed by atoms with Gasteiger partial charge in [0.25, 0.3) is 5.56 Å². The zero-order chi connectivity index (χ0) is 11.7. The predicted octanol–water partition coefficient (Wildman–Crippen LogP) is -0.0380. The van der Waals surface area contributed by atoms with Crippen molar-refractivity contribution in [3.63, 3.8) is 0 Å². The third kappa shape index (κ3) is 2.12. The number of ether oxygens (including phenoxy) is 1. The van der Waals surface area contributed by atoms with Gasteiger partial charge < -0.3 is 15.0 Å². The Kier molecular flexibility index (Phi) is 2.94. The van der Waals surface area contributed by atoms with Crippen molar-refractivity contribution in [3.05, 3.63) is 27.4 Å². The lowest BCUT2D eigenvalue weighted by molar-refractivity contribution is 0.146. The molecule has 0 radical (unpaired) electrons. The SMILES string of the molecule is O=c1[nH]c(C2CCNC2)nc2c1CCOCC2. The van der Waals surface area contributed by atoms with Crippen LogP contribution in [0.3, 0.4) is 0 Å². The van der Waals surface area contributed by atoms with Crippen LogP contribution in [-0.4, -0.2) is 36.3 Å². The van der Waals surface area contributed by atoms with E-state index in [4.69, 9.17) is 4.74 Å². The van der Waals surface area contributed by atoms with E-state index < -0.39 is 0 Å². The molecule has 5 nitrogen and oxygen atoms in total. The Labute approximate surface area is 99.6 Å². The summed E-state index contributed by atoms with van der Waals surface area (Å²) in [6, 6.07) is 0. The van der Waals surface area contributed by atoms with Crippen LogP contribution < -0.4 is 10.9 Å². The normalized spacial score (nSPS) is 24.4. The van der Waals surface area contributed by atoms with Crippen molar-refractivity contribution < 1.29 is 4.74 Å². The molecule has 1 saturated heterocycles. The summed E-state index contributed by atoms with van der Waals surface area (Å²) >= 11 is 0. The lowest BCUT2D eigenvalue weighted by atomic mass is 10.1. The summed E-state index contributed by atoms with van der Waals surface area (Å²) in [6.07, 6.45) is 2.49. The van der Waals surface area contributed by atoms with E-state index in [1.807, 2.05) is 0 Å². The molecule has 5 heteroatoms. The molecule has 3 rings (SSSR count). The summed E-state index contributed by atoms with van der Waals surface area (Å²) in [6.45, 7) is 3.22. The van der Waals surface area contributed by atoms with Crippen LogP contribution in [0.4, 0.5) is 0 Å². The van der Waals surface area contributed by atoms with Crippen LogP contribution in [0.25, 0.3) is 0 Å². The van der Waals surface area contributed by atoms with Crippen molar-refractivity contribution in [1.29, 1.82) is 0 Å². The van der Waals surface area contributed by atoms with E-state index in [1.165, 1.54) is 0 Å². The summed E-state index contributed by atoms with van der Waals surface area (Å²) in [5.41, 5.74) is 1.78. The topological polar surface area (TPSA) is 67.0 Å². The Balaban J connectivity index is 1.99. The molecule has 0 bridgehead atoms. The fourth-order valence-electron chi connectivity index (χ4n) is 2.55. The highest BCUT2D eigenvalue weighted by Crippen LogP contribution is 2.19. The summed E-state index contributed by atoms with van der Waals surface area (Å²) in [5.74, 6) is 1.21. The fraction of sp³-hybridized carbons (Fsp3) is 0.667. The molecular formula is C12H17N3O2. The van der Waals surface area contributed by atoms with Crippen molar-refractivity contribution in [2.45, 2.75) is 25.2 Å². The molecule has 2 aliphatic rings. The van der Waals surface area contributed by atoms with Gasteiger partial charge in [0.05, 0.1) is 18.9 Å². The number of hydrogen-bond donors (Lipinski definition) is 2. The van der Waals surface area contributed by atoms with Gasteiger partial charge >= 0.3 is 0 Å². The number of aromatic amines is 1. The van der Waals surface area contributed by atoms with Gasteiger partial charge in [0, 0.05) is 30.9 Å². The predicted molar refractivity (Wildman–Crippen MR) is 63.3 cm³/mol. The van der Waals surface area contributed by atoms with Gasteiger partial charge in [-0.05, 0) is 13.0 Å². The fourth-order valence-corrected chi connectivity index (χ4v) is 2.55. The first kappa shape index (κ1) is 10.9. The number of aromatic nitrogens is 2. The molecule has 1 aromatic heterocycles. The maximum absolute atomic E-state index is 12.0. The minimum atomic E-state index is 0.0300. The molecule has 2 aliphatic heterocycles. The van der Waals surface area contributed by atoms with Crippen LogP contribution in [0.15, 0.2) is 4.79 Å². The molecule has 0 aliphatic carbocycles. The van der Waals surface area contributed by atoms with Crippen LogP contribution in [0.1, 0.15) is 29.4 Å². The molecule has 0 saturated carbocycles. The van der Waals surface area contributed by atoms with E-state index >= 15 is 0 Å². The van der Waals surface area contributed by atoms with Gasteiger partial charge in [-0.2, -0.15) is 0 Å². The number of H-pyrrole nitrogens is 1. The highest BCUT2D eigenvalue weighted by atomic mass is 16.5. The number of fused-ring (bicyclic) bond motifs is 1. The second kappa shape index (κ2) is 4.58. The largest absolute Gasteiger partial charge is 0.381 e. The molecule has 92 valence electrons. The van der Waals surface area contributed by atoms with Crippen LogP contribution in [0, 0.1) is 0 Å². The van der Waals surface area contributed by atoms with Gasteiger partial charge in [-0.15, -0.1) is 0 Å². The maximum atomic E-state index is 12.0. The first-order chi connectivity index (χ1) is 8.34. The van der Waals surface area contributed by atoms with Gasteiger partial charge in [0.1, 0.15) is 5.82 Å². The highest BCUT2D eigenvalue weighted by molar-refractivity contribution is 5.21. The Morgan fingerprint density at radius 2 is 2.18 bits per heavy atom. The van der Waals surface area contributed by atoms with E-state index in [2.05, 4.69) is 15.3 Å². The standard InChI is InChI=1S/C12H17N3O2/c16-12-9-2-5-17-6-3-10(9)14-11(15-12)8-1-4-13-7-8/h8,13H,1-7H2,(H,14,15,16). The summed E-state index contributed by atoms with van der Waals surface area (Å²) < 4.78 is 5.39. The zero-order valence-corrected chi connectivity index (χ0v) is 9.79. The van der Waals surface area contributed by atoms with Crippen LogP contribution in [0.5, 0.6) is 0 Å². The second-order valence-electron chi connectivity index (χ2n) is 4.68. The van der Waals surface area contributed by atoms with Gasteiger partial charge in [-0.3, -0.25) is 4.79 Å². The Hall–Kier alpha value is -1.20. The molecular weight excluding hydrogens is 218 g/mol. The monoisotopic (exact) mass is 235 g/mol. The van der Waals surface area contributed by atoms with Crippen LogP contribution >= 0.6 is 0 Å². The molecule has 2 N–H and O–H groups in total. The van der Waals surface area contributed by atoms with Gasteiger partial charge in [0.15, 0.2) is 0 Å². The molecule has 0 amide bonds. The molecule has 0 aromatic carbocycles. The van der Waals surface area contributed by atoms with E-state index in [0.717, 1.165) is 43.0 Å². The summed E-state index contributed by atoms with van der Waals surface area (Å²) in [7, 11) is 0. The number of rotatable bonds is 1. The van der Waals surface area contributed by atoms with Crippen LogP contribution in [0.2, 0.25) is 0 Å². The van der Waals surface area contributed by atoms with Crippen molar-refractivity contribution in [1.82, 2.24) is 15.3 Å². The van der Waals surface area contributed by atoms with E-state index in [9.17, 15) is 4.79 Å². The Morgan fingerprint density at radius 3 is 3.00 bits per heavy atom. The third-order valence-corrected chi connectivity index (χ3v) is 3.55. The van der Waals surface area contributed by atoms with Crippen molar-refractivity contribution >= 4 is 0 Å². The summed E-state index contributed by atoms with van der Waals surface area (Å²) in [4.78, 5) is 19.6. The van der Waals surface area contributed by atoms with Crippen molar-refractivity contribution in [3.8, 4) is 0 Å². The number of nitrogens with one attached hydrogen (secondary N) is 2. The Morgan fingerprint density at radius 1 is 1.29 bits per heavy atom. The lowest BCUT2D eigenvalue weighted by Gasteiger charge is -2.10. The molecule has 1 fully saturated rings. The van der Waals surface area contributed by atoms with Crippen molar-refractivity contribution in [2.24, 2.45) is 0 Å². The lowest BCUT2D eigenvalue weighted by Crippen LogP contribution is -2.22. The summed E-state index contributed by atoms with van der Waals surface area (Å²) in [5, 5.41) is 3.30. The first-order valence-corrected chi connectivity index (χ1v) is 6.25. The zero-order valence-electron chi connectivity index (χ0n) is 9.79. The molecule has 1 unspecified atom stereocenters. The molecule has 3 heterocycles. The van der Waals surface area contributed by atoms with E-state index in [0.29, 0.717) is 25.6 Å². The number of nitrogens with zero attached hydrogens (tertiary/aromatic N) is 1. The molecule has 1 aromatic rings. The third-order valence-electron chi connectivity index (χ3n) is 3.55. The van der Waals surface area contributed by atoms with Crippen molar-refractivity contribution in [2.75, 3.05) is 26.3 Å². The first-order valence-electron chi connectivity index (χ1n) is 6.25. The quantitative estimate of drug-likeness (QED) is 0.717. The van der Waals surface area contributed by atoms with Crippen LogP contribution in [-0.2, 0) is 17.6 Å². The minimum Gasteiger partial charge on any atom is -0.381 e. The average Bonchev–Trinajstić information content (AvgIpc) is 2.75. The smallest absolute Gasteiger partial charge is 0.254 e. The van der Waals surface area contributed by atoms with E-state index in [1.54, 1.807) is 0 Å². The van der Waals surface area contributed by atoms with Gasteiger partial charge in [0.2, 0.25) is 0 Å². The number of hydrogen-bond acceptors (Lipinski definition) is 4. The van der Waals surface area contributed by atoms with Gasteiger partial charge in [-0.25, -0.2) is 4.98 Å². The maximum Gasteiger partial charge on any atom is 0.254 e. The Bertz CT molecular complexity index is 463. The van der Waals surface area contributed by atoms with Gasteiger partial charge in [-0.1, -0.05) is 0 Å². The molecule has 17 heavy (non-hydrogen) atoms. The molecule has 0 spiro atoms.